The molecule has 69 heavy (non-hydrogen) atoms. The van der Waals surface area contributed by atoms with Gasteiger partial charge in [0.15, 0.2) is 0 Å². The minimum Gasteiger partial charge on any atom is -0.310 e. The number of hydrogen-bond donors (Lipinski definition) is 0. The summed E-state index contributed by atoms with van der Waals surface area (Å²) in [7, 11) is 0. The van der Waals surface area contributed by atoms with Crippen molar-refractivity contribution in [1.82, 2.24) is 0 Å². The number of hydrogen-bond acceptors (Lipinski definition) is 1. The zero-order valence-electron chi connectivity index (χ0n) is 38.1. The first kappa shape index (κ1) is 41.4. The second-order valence-corrected chi connectivity index (χ2v) is 17.6. The minimum absolute atomic E-state index is 1.06. The molecule has 0 radical (unpaired) electrons. The van der Waals surface area contributed by atoms with Gasteiger partial charge in [0.05, 0.1) is 0 Å². The van der Waals surface area contributed by atoms with Gasteiger partial charge in [0.25, 0.3) is 0 Å². The van der Waals surface area contributed by atoms with Crippen molar-refractivity contribution in [2.75, 3.05) is 4.90 Å². The summed E-state index contributed by atoms with van der Waals surface area (Å²) in [6.45, 7) is 0. The zero-order valence-corrected chi connectivity index (χ0v) is 38.1. The third kappa shape index (κ3) is 8.07. The second-order valence-electron chi connectivity index (χ2n) is 17.6. The zero-order chi connectivity index (χ0) is 45.9. The van der Waals surface area contributed by atoms with Gasteiger partial charge in [-0.1, -0.05) is 237 Å². The first-order valence-corrected chi connectivity index (χ1v) is 23.7. The Morgan fingerprint density at radius 2 is 0.580 bits per heavy atom. The maximum Gasteiger partial charge on any atom is 0.0473 e. The van der Waals surface area contributed by atoms with E-state index in [0.29, 0.717) is 0 Å². The normalized spacial score (nSPS) is 11.2. The van der Waals surface area contributed by atoms with Crippen LogP contribution in [0.15, 0.2) is 285 Å². The van der Waals surface area contributed by atoms with Crippen molar-refractivity contribution in [3.63, 3.8) is 0 Å². The highest BCUT2D eigenvalue weighted by molar-refractivity contribution is 6.22. The Hall–Kier alpha value is -9.04. The van der Waals surface area contributed by atoms with Gasteiger partial charge in [-0.15, -0.1) is 0 Å². The fourth-order valence-corrected chi connectivity index (χ4v) is 10.2. The van der Waals surface area contributed by atoms with Gasteiger partial charge < -0.3 is 4.90 Å². The van der Waals surface area contributed by atoms with Crippen LogP contribution < -0.4 is 4.90 Å². The van der Waals surface area contributed by atoms with Crippen molar-refractivity contribution in [3.05, 3.63) is 285 Å². The largest absolute Gasteiger partial charge is 0.310 e. The molecule has 0 spiro atoms. The Morgan fingerprint density at radius 1 is 0.174 bits per heavy atom. The van der Waals surface area contributed by atoms with E-state index >= 15 is 0 Å². The molecule has 0 N–H and O–H groups in total. The highest BCUT2D eigenvalue weighted by Crippen LogP contribution is 2.47. The van der Waals surface area contributed by atoms with E-state index in [0.717, 1.165) is 39.3 Å². The van der Waals surface area contributed by atoms with Crippen molar-refractivity contribution < 1.29 is 0 Å². The third-order valence-electron chi connectivity index (χ3n) is 13.4. The molecule has 0 aliphatic heterocycles. The Morgan fingerprint density at radius 3 is 1.14 bits per heavy atom. The molecule has 0 heterocycles. The van der Waals surface area contributed by atoms with E-state index in [4.69, 9.17) is 0 Å². The van der Waals surface area contributed by atoms with Crippen molar-refractivity contribution in [2.24, 2.45) is 0 Å². The fourth-order valence-electron chi connectivity index (χ4n) is 10.2. The summed E-state index contributed by atoms with van der Waals surface area (Å²) in [4.78, 5) is 2.45. The van der Waals surface area contributed by atoms with Crippen LogP contribution in [0.25, 0.3) is 99.4 Å². The predicted molar refractivity (Wildman–Crippen MR) is 294 cm³/mol. The number of rotatable bonds is 10. The van der Waals surface area contributed by atoms with Crippen molar-refractivity contribution in [1.29, 1.82) is 0 Å². The Balaban J connectivity index is 1.10. The van der Waals surface area contributed by atoms with Crippen LogP contribution in [0, 0.1) is 0 Å². The summed E-state index contributed by atoms with van der Waals surface area (Å²) in [6.07, 6.45) is 0. The van der Waals surface area contributed by atoms with Crippen LogP contribution in [-0.2, 0) is 0 Å². The molecule has 0 unspecified atom stereocenters. The van der Waals surface area contributed by atoms with Crippen LogP contribution >= 0.6 is 0 Å². The van der Waals surface area contributed by atoms with Crippen LogP contribution in [0.3, 0.4) is 0 Å². The van der Waals surface area contributed by atoms with Gasteiger partial charge in [-0.3, -0.25) is 0 Å². The van der Waals surface area contributed by atoms with E-state index in [1.165, 1.54) is 77.2 Å². The molecule has 0 fully saturated rings. The highest BCUT2D eigenvalue weighted by Gasteiger charge is 2.21. The van der Waals surface area contributed by atoms with Crippen LogP contribution in [0.2, 0.25) is 0 Å². The van der Waals surface area contributed by atoms with Crippen molar-refractivity contribution >= 4 is 38.6 Å². The van der Waals surface area contributed by atoms with Gasteiger partial charge >= 0.3 is 0 Å². The molecular formula is C68H47N. The molecule has 0 aromatic heterocycles. The maximum atomic E-state index is 2.45. The summed E-state index contributed by atoms with van der Waals surface area (Å²) < 4.78 is 0. The average molecular weight is 878 g/mol. The van der Waals surface area contributed by atoms with E-state index in [-0.39, 0.29) is 0 Å². The third-order valence-corrected chi connectivity index (χ3v) is 13.4. The summed E-state index contributed by atoms with van der Waals surface area (Å²) in [5.41, 5.74) is 19.8. The number of fused-ring (bicyclic) bond motifs is 3. The first-order valence-electron chi connectivity index (χ1n) is 23.7. The smallest absolute Gasteiger partial charge is 0.0473 e. The molecule has 12 aromatic rings. The van der Waals surface area contributed by atoms with Crippen molar-refractivity contribution in [3.8, 4) is 77.9 Å². The van der Waals surface area contributed by atoms with Crippen LogP contribution in [0.1, 0.15) is 0 Å². The Bertz CT molecular complexity index is 3680. The van der Waals surface area contributed by atoms with Crippen LogP contribution in [0.5, 0.6) is 0 Å². The van der Waals surface area contributed by atoms with E-state index in [1.54, 1.807) is 0 Å². The molecular weight excluding hydrogens is 831 g/mol. The first-order chi connectivity index (χ1) is 34.2. The quantitative estimate of drug-likeness (QED) is 0.124. The monoisotopic (exact) mass is 877 g/mol. The van der Waals surface area contributed by atoms with Gasteiger partial charge in [0.2, 0.25) is 0 Å². The Kier molecular flexibility index (Phi) is 11.0. The van der Waals surface area contributed by atoms with Gasteiger partial charge in [-0.25, -0.2) is 0 Å². The number of nitrogens with zero attached hydrogens (tertiary/aromatic N) is 1. The van der Waals surface area contributed by atoms with Gasteiger partial charge in [0.1, 0.15) is 0 Å². The molecule has 12 aromatic carbocycles. The fraction of sp³-hybridized carbons (Fsp3) is 0. The molecule has 12 rings (SSSR count). The Labute approximate surface area is 404 Å². The molecule has 1 heteroatoms. The summed E-state index contributed by atoms with van der Waals surface area (Å²) in [5.74, 6) is 0. The molecule has 0 aliphatic carbocycles. The summed E-state index contributed by atoms with van der Waals surface area (Å²) >= 11 is 0. The van der Waals surface area contributed by atoms with Crippen LogP contribution in [0.4, 0.5) is 17.1 Å². The van der Waals surface area contributed by atoms with Gasteiger partial charge in [-0.05, 0) is 148 Å². The SMILES string of the molecule is c1ccc(-c2cc(-c3ccccc3)cc(N(c3cccc(-c4ccc5c(c4)c(-c4ccccc4)c(-c4ccccc4)c4ccccc45)c3)c3ccc(-c4ccccc4)c(-c4ccccc4)c3)c2)cc1. The van der Waals surface area contributed by atoms with E-state index in [9.17, 15) is 0 Å². The topological polar surface area (TPSA) is 3.24 Å². The molecule has 0 saturated heterocycles. The molecule has 0 aliphatic rings. The van der Waals surface area contributed by atoms with Gasteiger partial charge in [-0.2, -0.15) is 0 Å². The summed E-state index contributed by atoms with van der Waals surface area (Å²) in [6, 6.07) is 104. The number of anilines is 3. The average Bonchev–Trinajstić information content (AvgIpc) is 3.44. The van der Waals surface area contributed by atoms with E-state index in [1.807, 2.05) is 0 Å². The summed E-state index contributed by atoms with van der Waals surface area (Å²) in [5, 5.41) is 4.97. The van der Waals surface area contributed by atoms with Gasteiger partial charge in [0, 0.05) is 17.1 Å². The lowest BCUT2D eigenvalue weighted by atomic mass is 9.84. The minimum atomic E-state index is 1.06. The maximum absolute atomic E-state index is 2.45. The second kappa shape index (κ2) is 18.3. The predicted octanol–water partition coefficient (Wildman–Crippen LogP) is 19.1. The highest BCUT2D eigenvalue weighted by atomic mass is 15.1. The molecule has 324 valence electrons. The molecule has 0 atom stereocenters. The van der Waals surface area contributed by atoms with E-state index < -0.39 is 0 Å². The lowest BCUT2D eigenvalue weighted by Gasteiger charge is -2.28. The number of benzene rings is 12. The molecule has 0 bridgehead atoms. The standard InChI is InChI=1S/C68H47N/c1-7-22-48(23-8-1)56-42-57(49-24-9-2-10-25-49)45-60(44-56)69(59-39-41-61(50-26-11-3-12-27-50)65(47-59)51-28-13-4-14-29-51)58-35-21-34-54(43-58)55-38-40-63-62-36-19-20-37-64(62)67(52-30-15-5-16-31-52)68(66(63)46-55)53-32-17-6-18-33-53/h1-47H. The lowest BCUT2D eigenvalue weighted by Crippen LogP contribution is -2.11. The van der Waals surface area contributed by atoms with E-state index in [2.05, 4.69) is 290 Å². The van der Waals surface area contributed by atoms with Crippen molar-refractivity contribution in [2.45, 2.75) is 0 Å². The molecule has 0 saturated carbocycles. The molecule has 1 nitrogen and oxygen atoms in total. The lowest BCUT2D eigenvalue weighted by molar-refractivity contribution is 1.28. The van der Waals surface area contributed by atoms with Crippen LogP contribution in [-0.4, -0.2) is 0 Å². The molecule has 0 amide bonds.